The van der Waals surface area contributed by atoms with Crippen molar-refractivity contribution in [3.63, 3.8) is 0 Å². The zero-order chi connectivity index (χ0) is 14.7. The first-order valence-electron chi connectivity index (χ1n) is 5.91. The van der Waals surface area contributed by atoms with Gasteiger partial charge >= 0.3 is 0 Å². The molecular weight excluding hydrogens is 284 g/mol. The Bertz CT molecular complexity index is 628. The maximum atomic E-state index is 13.4. The maximum absolute atomic E-state index is 13.4. The molecule has 4 nitrogen and oxygen atoms in total. The first-order chi connectivity index (χ1) is 9.47. The molecule has 0 aliphatic carbocycles. The Morgan fingerprint density at radius 3 is 2.90 bits per heavy atom. The van der Waals surface area contributed by atoms with E-state index in [1.165, 1.54) is 23.5 Å². The number of hydrogen-bond donors (Lipinski definition) is 2. The fourth-order valence-electron chi connectivity index (χ4n) is 1.57. The van der Waals surface area contributed by atoms with Crippen molar-refractivity contribution in [3.8, 4) is 0 Å². The van der Waals surface area contributed by atoms with Crippen molar-refractivity contribution in [1.82, 2.24) is 4.98 Å². The van der Waals surface area contributed by atoms with Crippen LogP contribution < -0.4 is 11.1 Å². The second-order valence-electron chi connectivity index (χ2n) is 4.30. The maximum Gasteiger partial charge on any atom is 0.230 e. The molecular formula is C13H13F2N3OS. The van der Waals surface area contributed by atoms with E-state index in [2.05, 4.69) is 10.3 Å². The zero-order valence-electron chi connectivity index (χ0n) is 10.7. The van der Waals surface area contributed by atoms with E-state index in [4.69, 9.17) is 5.73 Å². The number of halogens is 2. The van der Waals surface area contributed by atoms with Gasteiger partial charge in [0.25, 0.3) is 0 Å². The van der Waals surface area contributed by atoms with Crippen LogP contribution in [0.2, 0.25) is 0 Å². The van der Waals surface area contributed by atoms with Gasteiger partial charge in [-0.2, -0.15) is 0 Å². The van der Waals surface area contributed by atoms with E-state index >= 15 is 0 Å². The lowest BCUT2D eigenvalue weighted by Crippen LogP contribution is -2.15. The van der Waals surface area contributed by atoms with Gasteiger partial charge in [-0.15, -0.1) is 11.3 Å². The molecule has 0 fully saturated rings. The van der Waals surface area contributed by atoms with Crippen molar-refractivity contribution in [2.75, 3.05) is 5.32 Å². The summed E-state index contributed by atoms with van der Waals surface area (Å²) < 4.78 is 26.4. The summed E-state index contributed by atoms with van der Waals surface area (Å²) in [7, 11) is 0. The Hall–Kier alpha value is -1.86. The predicted octanol–water partition coefficient (Wildman–Crippen LogP) is 2.62. The SMILES string of the molecule is CC(N)c1csc(NC(=O)Cc2cccc(F)c2F)n1. The predicted molar refractivity (Wildman–Crippen MR) is 73.4 cm³/mol. The second-order valence-corrected chi connectivity index (χ2v) is 5.16. The molecule has 0 spiro atoms. The Labute approximate surface area is 118 Å². The van der Waals surface area contributed by atoms with Gasteiger partial charge in [-0.05, 0) is 13.0 Å². The monoisotopic (exact) mass is 297 g/mol. The molecule has 0 aliphatic rings. The van der Waals surface area contributed by atoms with Gasteiger partial charge in [-0.3, -0.25) is 4.79 Å². The lowest BCUT2D eigenvalue weighted by Gasteiger charge is -2.04. The van der Waals surface area contributed by atoms with Gasteiger partial charge in [-0.25, -0.2) is 13.8 Å². The Morgan fingerprint density at radius 2 is 2.25 bits per heavy atom. The summed E-state index contributed by atoms with van der Waals surface area (Å²) in [5, 5.41) is 4.66. The molecule has 1 aromatic carbocycles. The van der Waals surface area contributed by atoms with E-state index < -0.39 is 17.5 Å². The Balaban J connectivity index is 2.03. The van der Waals surface area contributed by atoms with Gasteiger partial charge in [0.05, 0.1) is 12.1 Å². The fraction of sp³-hybridized carbons (Fsp3) is 0.231. The summed E-state index contributed by atoms with van der Waals surface area (Å²) in [4.78, 5) is 15.9. The number of carbonyl (C=O) groups is 1. The van der Waals surface area contributed by atoms with E-state index in [-0.39, 0.29) is 18.0 Å². The third-order valence-corrected chi connectivity index (χ3v) is 3.39. The lowest BCUT2D eigenvalue weighted by atomic mass is 10.1. The number of carbonyl (C=O) groups excluding carboxylic acids is 1. The quantitative estimate of drug-likeness (QED) is 0.911. The molecule has 1 aromatic heterocycles. The van der Waals surface area contributed by atoms with Crippen LogP contribution in [-0.2, 0) is 11.2 Å². The van der Waals surface area contributed by atoms with Crippen LogP contribution in [0.4, 0.5) is 13.9 Å². The number of aromatic nitrogens is 1. The van der Waals surface area contributed by atoms with Crippen molar-refractivity contribution in [1.29, 1.82) is 0 Å². The van der Waals surface area contributed by atoms with Crippen LogP contribution in [0.5, 0.6) is 0 Å². The Kier molecular flexibility index (Phi) is 4.41. The number of thiazole rings is 1. The third-order valence-electron chi connectivity index (χ3n) is 2.62. The first kappa shape index (κ1) is 14.5. The zero-order valence-corrected chi connectivity index (χ0v) is 11.5. The number of anilines is 1. The smallest absolute Gasteiger partial charge is 0.230 e. The van der Waals surface area contributed by atoms with Crippen LogP contribution in [0, 0.1) is 11.6 Å². The molecule has 7 heteroatoms. The molecule has 0 bridgehead atoms. The van der Waals surface area contributed by atoms with Crippen LogP contribution in [0.3, 0.4) is 0 Å². The van der Waals surface area contributed by atoms with Gasteiger partial charge in [0, 0.05) is 17.0 Å². The van der Waals surface area contributed by atoms with Crippen LogP contribution in [-0.4, -0.2) is 10.9 Å². The lowest BCUT2D eigenvalue weighted by molar-refractivity contribution is -0.115. The van der Waals surface area contributed by atoms with Gasteiger partial charge < -0.3 is 11.1 Å². The van der Waals surface area contributed by atoms with E-state index in [1.54, 1.807) is 12.3 Å². The van der Waals surface area contributed by atoms with Crippen LogP contribution >= 0.6 is 11.3 Å². The number of rotatable bonds is 4. The standard InChI is InChI=1S/C13H13F2N3OS/c1-7(16)10-6-20-13(17-10)18-11(19)5-8-3-2-4-9(14)12(8)15/h2-4,6-7H,5,16H2,1H3,(H,17,18,19). The van der Waals surface area contributed by atoms with Crippen LogP contribution in [0.1, 0.15) is 24.2 Å². The molecule has 1 heterocycles. The Morgan fingerprint density at radius 1 is 1.50 bits per heavy atom. The van der Waals surface area contributed by atoms with Crippen LogP contribution in [0.15, 0.2) is 23.6 Å². The number of nitrogens with two attached hydrogens (primary N) is 1. The summed E-state index contributed by atoms with van der Waals surface area (Å²) in [5.74, 6) is -2.43. The fourth-order valence-corrected chi connectivity index (χ4v) is 2.40. The van der Waals surface area contributed by atoms with Gasteiger partial charge in [0.2, 0.25) is 5.91 Å². The minimum Gasteiger partial charge on any atom is -0.323 e. The molecule has 0 aliphatic heterocycles. The molecule has 20 heavy (non-hydrogen) atoms. The molecule has 1 atom stereocenters. The topological polar surface area (TPSA) is 68.0 Å². The van der Waals surface area contributed by atoms with E-state index in [9.17, 15) is 13.6 Å². The average Bonchev–Trinajstić information content (AvgIpc) is 2.83. The third kappa shape index (κ3) is 3.37. The molecule has 3 N–H and O–H groups in total. The molecule has 0 saturated heterocycles. The van der Waals surface area contributed by atoms with Crippen molar-refractivity contribution in [3.05, 3.63) is 46.5 Å². The molecule has 1 amide bonds. The number of hydrogen-bond acceptors (Lipinski definition) is 4. The summed E-state index contributed by atoms with van der Waals surface area (Å²) in [6.45, 7) is 1.78. The van der Waals surface area contributed by atoms with E-state index in [1.807, 2.05) is 0 Å². The molecule has 106 valence electrons. The average molecular weight is 297 g/mol. The molecule has 0 radical (unpaired) electrons. The highest BCUT2D eigenvalue weighted by Gasteiger charge is 2.13. The molecule has 0 saturated carbocycles. The molecule has 1 unspecified atom stereocenters. The summed E-state index contributed by atoms with van der Waals surface area (Å²) >= 11 is 1.23. The summed E-state index contributed by atoms with van der Waals surface area (Å²) in [5.41, 5.74) is 6.33. The van der Waals surface area contributed by atoms with E-state index in [0.717, 1.165) is 6.07 Å². The first-order valence-corrected chi connectivity index (χ1v) is 6.79. The number of nitrogens with zero attached hydrogens (tertiary/aromatic N) is 1. The van der Waals surface area contributed by atoms with E-state index in [0.29, 0.717) is 10.8 Å². The molecule has 2 rings (SSSR count). The largest absolute Gasteiger partial charge is 0.323 e. The van der Waals surface area contributed by atoms with Gasteiger partial charge in [-0.1, -0.05) is 12.1 Å². The number of nitrogens with one attached hydrogen (secondary N) is 1. The highest BCUT2D eigenvalue weighted by molar-refractivity contribution is 7.13. The van der Waals surface area contributed by atoms with Gasteiger partial charge in [0.1, 0.15) is 0 Å². The highest BCUT2D eigenvalue weighted by Crippen LogP contribution is 2.19. The highest BCUT2D eigenvalue weighted by atomic mass is 32.1. The minimum absolute atomic E-state index is 0.00599. The molecule has 2 aromatic rings. The summed E-state index contributed by atoms with van der Waals surface area (Å²) in [6, 6.07) is 3.51. The normalized spacial score (nSPS) is 12.2. The van der Waals surface area contributed by atoms with Gasteiger partial charge in [0.15, 0.2) is 16.8 Å². The van der Waals surface area contributed by atoms with Crippen molar-refractivity contribution < 1.29 is 13.6 Å². The second kappa shape index (κ2) is 6.06. The van der Waals surface area contributed by atoms with Crippen molar-refractivity contribution in [2.24, 2.45) is 5.73 Å². The number of amides is 1. The minimum atomic E-state index is -1.00. The van der Waals surface area contributed by atoms with Crippen LogP contribution in [0.25, 0.3) is 0 Å². The summed E-state index contributed by atoms with van der Waals surface area (Å²) in [6.07, 6.45) is -0.253. The number of benzene rings is 1. The van der Waals surface area contributed by atoms with Crippen molar-refractivity contribution in [2.45, 2.75) is 19.4 Å². The van der Waals surface area contributed by atoms with Crippen molar-refractivity contribution >= 4 is 22.4 Å².